The summed E-state index contributed by atoms with van der Waals surface area (Å²) in [6.45, 7) is 3.78. The number of halogens is 3. The number of amides is 1. The number of carbonyl (C=O) groups excluding carboxylic acids is 1. The molecule has 2 heterocycles. The summed E-state index contributed by atoms with van der Waals surface area (Å²) < 4.78 is 38.4. The van der Waals surface area contributed by atoms with Crippen LogP contribution < -0.4 is 10.2 Å². The number of anilines is 1. The first-order chi connectivity index (χ1) is 12.8. The third-order valence-electron chi connectivity index (χ3n) is 4.43. The molecule has 0 atom stereocenters. The van der Waals surface area contributed by atoms with Crippen molar-refractivity contribution < 1.29 is 18.0 Å². The smallest absolute Gasteiger partial charge is 0.357 e. The molecule has 1 amide bonds. The van der Waals surface area contributed by atoms with E-state index in [4.69, 9.17) is 0 Å². The Kier molecular flexibility index (Phi) is 5.62. The molecule has 1 aromatic heterocycles. The lowest BCUT2D eigenvalue weighted by Crippen LogP contribution is -2.31. The van der Waals surface area contributed by atoms with Gasteiger partial charge in [0.1, 0.15) is 11.6 Å². The Balaban J connectivity index is 1.69. The Morgan fingerprint density at radius 3 is 2.59 bits per heavy atom. The first-order valence-corrected chi connectivity index (χ1v) is 8.88. The summed E-state index contributed by atoms with van der Waals surface area (Å²) in [5, 5.41) is 2.60. The highest BCUT2D eigenvalue weighted by Gasteiger charge is 2.30. The second-order valence-corrected chi connectivity index (χ2v) is 6.59. The Bertz CT molecular complexity index is 817. The molecule has 0 bridgehead atoms. The van der Waals surface area contributed by atoms with Gasteiger partial charge in [0.15, 0.2) is 0 Å². The van der Waals surface area contributed by atoms with Crippen molar-refractivity contribution in [2.75, 3.05) is 18.0 Å². The second kappa shape index (κ2) is 7.94. The summed E-state index contributed by atoms with van der Waals surface area (Å²) in [5.41, 5.74) is -0.114. The Morgan fingerprint density at radius 2 is 1.89 bits per heavy atom. The first kappa shape index (κ1) is 19.1. The number of aryl methyl sites for hydroxylation is 1. The fourth-order valence-electron chi connectivity index (χ4n) is 3.07. The molecule has 1 N–H and O–H groups in total. The van der Waals surface area contributed by atoms with Crippen molar-refractivity contribution in [2.24, 2.45) is 0 Å². The average Bonchev–Trinajstić information content (AvgIpc) is 2.66. The van der Waals surface area contributed by atoms with E-state index in [-0.39, 0.29) is 12.1 Å². The van der Waals surface area contributed by atoms with Gasteiger partial charge in [-0.2, -0.15) is 13.2 Å². The van der Waals surface area contributed by atoms with Crippen molar-refractivity contribution in [3.8, 4) is 0 Å². The molecule has 0 saturated carbocycles. The summed E-state index contributed by atoms with van der Waals surface area (Å²) in [6, 6.07) is 6.25. The molecule has 0 unspecified atom stereocenters. The van der Waals surface area contributed by atoms with Crippen LogP contribution in [0.1, 0.15) is 46.7 Å². The highest BCUT2D eigenvalue weighted by molar-refractivity contribution is 5.94. The van der Waals surface area contributed by atoms with Crippen molar-refractivity contribution in [3.63, 3.8) is 0 Å². The van der Waals surface area contributed by atoms with Gasteiger partial charge in [-0.1, -0.05) is 6.07 Å². The van der Waals surface area contributed by atoms with Gasteiger partial charge in [0, 0.05) is 30.4 Å². The maximum atomic E-state index is 12.8. The zero-order valence-corrected chi connectivity index (χ0v) is 15.0. The molecule has 3 rings (SSSR count). The highest BCUT2D eigenvalue weighted by Crippen LogP contribution is 2.29. The van der Waals surface area contributed by atoms with Crippen LogP contribution in [0.5, 0.6) is 0 Å². The van der Waals surface area contributed by atoms with Crippen LogP contribution in [0, 0.1) is 6.92 Å². The van der Waals surface area contributed by atoms with E-state index in [0.29, 0.717) is 5.82 Å². The van der Waals surface area contributed by atoms with E-state index < -0.39 is 17.6 Å². The Hall–Kier alpha value is -2.64. The molecule has 0 aliphatic carbocycles. The van der Waals surface area contributed by atoms with Crippen LogP contribution in [0.15, 0.2) is 30.3 Å². The minimum atomic E-state index is -4.49. The Labute approximate surface area is 155 Å². The number of hydrogen-bond acceptors (Lipinski definition) is 4. The maximum Gasteiger partial charge on any atom is 0.416 e. The zero-order chi connectivity index (χ0) is 19.4. The third kappa shape index (κ3) is 4.96. The number of alkyl halides is 3. The number of benzene rings is 1. The minimum absolute atomic E-state index is 0.0475. The van der Waals surface area contributed by atoms with Gasteiger partial charge in [-0.3, -0.25) is 4.79 Å². The van der Waals surface area contributed by atoms with E-state index in [9.17, 15) is 18.0 Å². The van der Waals surface area contributed by atoms with Crippen LogP contribution >= 0.6 is 0 Å². The van der Waals surface area contributed by atoms with E-state index in [1.54, 1.807) is 0 Å². The topological polar surface area (TPSA) is 58.1 Å². The van der Waals surface area contributed by atoms with E-state index in [2.05, 4.69) is 20.2 Å². The van der Waals surface area contributed by atoms with Gasteiger partial charge in [0.2, 0.25) is 0 Å². The molecule has 27 heavy (non-hydrogen) atoms. The van der Waals surface area contributed by atoms with Gasteiger partial charge in [-0.05, 0) is 44.4 Å². The molecule has 0 spiro atoms. The largest absolute Gasteiger partial charge is 0.416 e. The molecular formula is C19H21F3N4O. The van der Waals surface area contributed by atoms with Crippen LogP contribution in [0.3, 0.4) is 0 Å². The average molecular weight is 378 g/mol. The van der Waals surface area contributed by atoms with E-state index >= 15 is 0 Å². The van der Waals surface area contributed by atoms with Gasteiger partial charge >= 0.3 is 6.18 Å². The lowest BCUT2D eigenvalue weighted by Gasteiger charge is -2.28. The van der Waals surface area contributed by atoms with E-state index in [0.717, 1.165) is 49.6 Å². The van der Waals surface area contributed by atoms with Crippen LogP contribution in [-0.4, -0.2) is 29.0 Å². The molecule has 1 aliphatic heterocycles. The normalized spacial score (nSPS) is 14.9. The van der Waals surface area contributed by atoms with Gasteiger partial charge in [0.05, 0.1) is 12.1 Å². The number of rotatable bonds is 4. The van der Waals surface area contributed by atoms with Crippen LogP contribution in [0.4, 0.5) is 19.0 Å². The lowest BCUT2D eigenvalue weighted by molar-refractivity contribution is -0.137. The molecule has 1 aliphatic rings. The third-order valence-corrected chi connectivity index (χ3v) is 4.43. The Morgan fingerprint density at radius 1 is 1.15 bits per heavy atom. The van der Waals surface area contributed by atoms with E-state index in [1.807, 2.05) is 13.0 Å². The quantitative estimate of drug-likeness (QED) is 0.881. The maximum absolute atomic E-state index is 12.8. The molecule has 2 aromatic rings. The van der Waals surface area contributed by atoms with Gasteiger partial charge in [-0.15, -0.1) is 0 Å². The summed E-state index contributed by atoms with van der Waals surface area (Å²) in [4.78, 5) is 23.2. The predicted octanol–water partition coefficient (Wildman–Crippen LogP) is 3.72. The van der Waals surface area contributed by atoms with Gasteiger partial charge in [0.25, 0.3) is 5.91 Å². The minimum Gasteiger partial charge on any atom is -0.357 e. The van der Waals surface area contributed by atoms with Crippen molar-refractivity contribution in [2.45, 2.75) is 38.9 Å². The number of piperidine rings is 1. The van der Waals surface area contributed by atoms with Crippen molar-refractivity contribution in [3.05, 3.63) is 53.0 Å². The molecule has 144 valence electrons. The molecule has 8 heteroatoms. The summed E-state index contributed by atoms with van der Waals surface area (Å²) in [6.07, 6.45) is -1.05. The van der Waals surface area contributed by atoms with Crippen LogP contribution in [0.25, 0.3) is 0 Å². The second-order valence-electron chi connectivity index (χ2n) is 6.59. The van der Waals surface area contributed by atoms with Crippen molar-refractivity contribution in [1.29, 1.82) is 0 Å². The summed E-state index contributed by atoms with van der Waals surface area (Å²) >= 11 is 0. The zero-order valence-electron chi connectivity index (χ0n) is 15.0. The monoisotopic (exact) mass is 378 g/mol. The van der Waals surface area contributed by atoms with Gasteiger partial charge in [-0.25, -0.2) is 9.97 Å². The fourth-order valence-corrected chi connectivity index (χ4v) is 3.07. The molecule has 5 nitrogen and oxygen atoms in total. The lowest BCUT2D eigenvalue weighted by atomic mass is 10.1. The van der Waals surface area contributed by atoms with Gasteiger partial charge < -0.3 is 10.2 Å². The standard InChI is InChI=1S/C19H21F3N4O/c1-13-10-17(26-8-3-2-4-9-26)25-16(24-13)12-23-18(27)14-6-5-7-15(11-14)19(20,21)22/h5-7,10-11H,2-4,8-9,12H2,1H3,(H,23,27). The van der Waals surface area contributed by atoms with Crippen LogP contribution in [-0.2, 0) is 12.7 Å². The number of nitrogens with zero attached hydrogens (tertiary/aromatic N) is 3. The molecule has 1 saturated heterocycles. The fraction of sp³-hybridized carbons (Fsp3) is 0.421. The van der Waals surface area contributed by atoms with Crippen molar-refractivity contribution >= 4 is 11.7 Å². The SMILES string of the molecule is Cc1cc(N2CCCCC2)nc(CNC(=O)c2cccc(C(F)(F)F)c2)n1. The number of aromatic nitrogens is 2. The molecule has 0 radical (unpaired) electrons. The summed E-state index contributed by atoms with van der Waals surface area (Å²) in [7, 11) is 0. The number of carbonyl (C=O) groups is 1. The molecule has 1 aromatic carbocycles. The predicted molar refractivity (Wildman–Crippen MR) is 95.4 cm³/mol. The summed E-state index contributed by atoms with van der Waals surface area (Å²) in [5.74, 6) is 0.673. The molecular weight excluding hydrogens is 357 g/mol. The highest BCUT2D eigenvalue weighted by atomic mass is 19.4. The number of hydrogen-bond donors (Lipinski definition) is 1. The first-order valence-electron chi connectivity index (χ1n) is 8.88. The molecule has 1 fully saturated rings. The van der Waals surface area contributed by atoms with Crippen molar-refractivity contribution in [1.82, 2.24) is 15.3 Å². The van der Waals surface area contributed by atoms with E-state index in [1.165, 1.54) is 18.6 Å². The van der Waals surface area contributed by atoms with Crippen LogP contribution in [0.2, 0.25) is 0 Å². The number of nitrogens with one attached hydrogen (secondary N) is 1.